The minimum absolute atomic E-state index is 0.396. The summed E-state index contributed by atoms with van der Waals surface area (Å²) in [5.74, 6) is 0. The highest BCUT2D eigenvalue weighted by Crippen LogP contribution is 2.11. The molecule has 0 aromatic carbocycles. The van der Waals surface area contributed by atoms with Crippen molar-refractivity contribution in [2.24, 2.45) is 5.73 Å². The first-order valence-electron chi connectivity index (χ1n) is 4.24. The molecule has 0 amide bonds. The lowest BCUT2D eigenvalue weighted by Crippen LogP contribution is -2.41. The van der Waals surface area contributed by atoms with Gasteiger partial charge in [0.05, 0.1) is 0 Å². The van der Waals surface area contributed by atoms with Gasteiger partial charge in [0.15, 0.2) is 0 Å². The Morgan fingerprint density at radius 3 is 2.58 bits per heavy atom. The van der Waals surface area contributed by atoms with Crippen LogP contribution in [0.1, 0.15) is 12.8 Å². The predicted octanol–water partition coefficient (Wildman–Crippen LogP) is -0.783. The van der Waals surface area contributed by atoms with Crippen LogP contribution >= 0.6 is 0 Å². The van der Waals surface area contributed by atoms with Gasteiger partial charge in [-0.15, -0.1) is 0 Å². The van der Waals surface area contributed by atoms with Gasteiger partial charge in [0.2, 0.25) is 0 Å². The van der Waals surface area contributed by atoms with Gasteiger partial charge in [0.1, 0.15) is 0 Å². The molecule has 0 aromatic heterocycles. The maximum absolute atomic E-state index is 9.36. The molecule has 0 aliphatic carbocycles. The van der Waals surface area contributed by atoms with Crippen LogP contribution in [-0.2, 0) is 14.0 Å². The van der Waals surface area contributed by atoms with Gasteiger partial charge in [-0.3, -0.25) is 0 Å². The molecule has 0 spiro atoms. The molecule has 0 bridgehead atoms. The fourth-order valence-corrected chi connectivity index (χ4v) is 1.02. The number of hydrogen-bond acceptors (Lipinski definition) is 5. The van der Waals surface area contributed by atoms with Crippen molar-refractivity contribution in [3.8, 4) is 0 Å². The zero-order chi connectivity index (χ0) is 8.86. The van der Waals surface area contributed by atoms with Crippen LogP contribution in [0.4, 0.5) is 0 Å². The number of hydrogen-bond donors (Lipinski definition) is 2. The van der Waals surface area contributed by atoms with Crippen LogP contribution in [0.3, 0.4) is 0 Å². The molecular weight excluding hydrogens is 161 g/mol. The second-order valence-corrected chi connectivity index (χ2v) is 2.71. The minimum atomic E-state index is -2.42. The summed E-state index contributed by atoms with van der Waals surface area (Å²) in [6.45, 7) is -0.566. The van der Waals surface area contributed by atoms with E-state index in [1.54, 1.807) is 0 Å². The van der Waals surface area contributed by atoms with Crippen LogP contribution < -0.4 is 5.73 Å². The first kappa shape index (κ1) is 9.95. The lowest BCUT2D eigenvalue weighted by Gasteiger charge is -2.28. The van der Waals surface area contributed by atoms with E-state index in [-0.39, 0.29) is 0 Å². The largest absolute Gasteiger partial charge is 0.533 e. The monoisotopic (exact) mass is 176 g/mol. The summed E-state index contributed by atoms with van der Waals surface area (Å²) >= 11 is 0. The first-order valence-corrected chi connectivity index (χ1v) is 4.24. The van der Waals surface area contributed by atoms with Crippen molar-refractivity contribution in [1.82, 2.24) is 0 Å². The highest BCUT2D eigenvalue weighted by atomic mass is 16.9. The summed E-state index contributed by atoms with van der Waals surface area (Å²) in [5.41, 5.74) is 5.28. The van der Waals surface area contributed by atoms with Gasteiger partial charge >= 0.3 is 6.96 Å². The fourth-order valence-electron chi connectivity index (χ4n) is 1.02. The van der Waals surface area contributed by atoms with E-state index >= 15 is 0 Å². The third-order valence-corrected chi connectivity index (χ3v) is 1.67. The smallest absolute Gasteiger partial charge is 0.529 e. The highest BCUT2D eigenvalue weighted by molar-refractivity contribution is 6.52. The van der Waals surface area contributed by atoms with Crippen LogP contribution in [-0.4, -0.2) is 38.3 Å². The number of nitrogens with two attached hydrogens (primary N) is 1. The van der Waals surface area contributed by atoms with Crippen LogP contribution in [0.25, 0.3) is 0 Å². The topological polar surface area (TPSA) is 73.9 Å². The molecule has 12 heavy (non-hydrogen) atoms. The quantitative estimate of drug-likeness (QED) is 0.424. The maximum Gasteiger partial charge on any atom is 0.529 e. The molecule has 0 radical (unpaired) electrons. The summed E-state index contributed by atoms with van der Waals surface area (Å²) in [6.07, 6.45) is 1.69. The van der Waals surface area contributed by atoms with Crippen molar-refractivity contribution in [3.05, 3.63) is 0 Å². The Bertz CT molecular complexity index is 129. The SMILES string of the molecule is NCCCCO[B-]1(O)OCCO1. The molecule has 1 fully saturated rings. The first-order chi connectivity index (χ1) is 5.77. The van der Waals surface area contributed by atoms with Crippen LogP contribution in [0.15, 0.2) is 0 Å². The molecule has 0 unspecified atom stereocenters. The Labute approximate surface area is 71.8 Å². The van der Waals surface area contributed by atoms with Crippen molar-refractivity contribution in [1.29, 1.82) is 0 Å². The van der Waals surface area contributed by atoms with E-state index in [9.17, 15) is 5.02 Å². The van der Waals surface area contributed by atoms with Gasteiger partial charge in [0.25, 0.3) is 0 Å². The van der Waals surface area contributed by atoms with Crippen molar-refractivity contribution in [2.75, 3.05) is 26.4 Å². The summed E-state index contributed by atoms with van der Waals surface area (Å²) in [6, 6.07) is 0. The third-order valence-electron chi connectivity index (χ3n) is 1.67. The van der Waals surface area contributed by atoms with Crippen molar-refractivity contribution >= 4 is 6.96 Å². The molecule has 1 aliphatic rings. The second kappa shape index (κ2) is 4.79. The van der Waals surface area contributed by atoms with Gasteiger partial charge < -0.3 is 24.7 Å². The number of unbranched alkanes of at least 4 members (excludes halogenated alkanes) is 1. The van der Waals surface area contributed by atoms with Crippen molar-refractivity contribution in [3.63, 3.8) is 0 Å². The normalized spacial score (nSPS) is 21.5. The molecule has 5 nitrogen and oxygen atoms in total. The Kier molecular flexibility index (Phi) is 3.97. The highest BCUT2D eigenvalue weighted by Gasteiger charge is 2.31. The molecule has 1 heterocycles. The zero-order valence-electron chi connectivity index (χ0n) is 7.07. The summed E-state index contributed by atoms with van der Waals surface area (Å²) in [7, 11) is 0. The Morgan fingerprint density at radius 1 is 1.33 bits per heavy atom. The number of rotatable bonds is 5. The summed E-state index contributed by atoms with van der Waals surface area (Å²) in [4.78, 5) is 0. The molecule has 0 atom stereocenters. The van der Waals surface area contributed by atoms with Crippen LogP contribution in [0.5, 0.6) is 0 Å². The van der Waals surface area contributed by atoms with E-state index in [1.807, 2.05) is 0 Å². The molecule has 3 N–H and O–H groups in total. The molecule has 72 valence electrons. The lowest BCUT2D eigenvalue weighted by molar-refractivity contribution is 0.0585. The van der Waals surface area contributed by atoms with Crippen molar-refractivity contribution < 1.29 is 19.0 Å². The molecule has 1 aliphatic heterocycles. The van der Waals surface area contributed by atoms with Gasteiger partial charge in [-0.2, -0.15) is 0 Å². The minimum Gasteiger partial charge on any atom is -0.533 e. The Morgan fingerprint density at radius 2 is 2.00 bits per heavy atom. The Hall–Kier alpha value is -0.135. The van der Waals surface area contributed by atoms with Crippen LogP contribution in [0, 0.1) is 0 Å². The molecule has 0 aromatic rings. The van der Waals surface area contributed by atoms with Crippen molar-refractivity contribution in [2.45, 2.75) is 12.8 Å². The predicted molar refractivity (Wildman–Crippen MR) is 44.1 cm³/mol. The fraction of sp³-hybridized carbons (Fsp3) is 1.00. The van der Waals surface area contributed by atoms with E-state index in [0.717, 1.165) is 12.8 Å². The van der Waals surface area contributed by atoms with E-state index in [0.29, 0.717) is 26.4 Å². The average Bonchev–Trinajstić information content (AvgIpc) is 2.47. The van der Waals surface area contributed by atoms with E-state index in [2.05, 4.69) is 0 Å². The maximum atomic E-state index is 9.36. The molecule has 6 heteroatoms. The van der Waals surface area contributed by atoms with Gasteiger partial charge in [0, 0.05) is 19.8 Å². The lowest BCUT2D eigenvalue weighted by atomic mass is 10.1. The van der Waals surface area contributed by atoms with Gasteiger partial charge in [-0.25, -0.2) is 0 Å². The summed E-state index contributed by atoms with van der Waals surface area (Å²) in [5, 5.41) is 9.36. The van der Waals surface area contributed by atoms with E-state index in [4.69, 9.17) is 19.7 Å². The van der Waals surface area contributed by atoms with Gasteiger partial charge in [-0.1, -0.05) is 0 Å². The van der Waals surface area contributed by atoms with Crippen LogP contribution in [0.2, 0.25) is 0 Å². The zero-order valence-corrected chi connectivity index (χ0v) is 7.07. The molecular formula is C6H15BNO4-. The van der Waals surface area contributed by atoms with Gasteiger partial charge in [-0.05, 0) is 19.4 Å². The van der Waals surface area contributed by atoms with E-state index < -0.39 is 6.96 Å². The summed E-state index contributed by atoms with van der Waals surface area (Å²) < 4.78 is 14.7. The van der Waals surface area contributed by atoms with E-state index in [1.165, 1.54) is 0 Å². The Balaban J connectivity index is 2.05. The standard InChI is InChI=1S/C6H15BNO4/c8-3-1-2-4-10-7(9)11-5-6-12-7/h9H,1-6,8H2/q-1. The average molecular weight is 176 g/mol. The molecule has 1 saturated heterocycles. The third kappa shape index (κ3) is 3.08. The molecule has 1 rings (SSSR count). The second-order valence-electron chi connectivity index (χ2n) is 2.71. The molecule has 0 saturated carbocycles.